The van der Waals surface area contributed by atoms with Crippen molar-refractivity contribution >= 4 is 33.2 Å². The normalized spacial score (nSPS) is 11.1. The molecule has 1 aromatic rings. The van der Waals surface area contributed by atoms with Crippen LogP contribution in [0.1, 0.15) is 23.2 Å². The van der Waals surface area contributed by atoms with Crippen LogP contribution in [-0.2, 0) is 10.0 Å². The molecule has 7 heteroatoms. The molecule has 0 radical (unpaired) electrons. The third-order valence-corrected chi connectivity index (χ3v) is 4.06. The van der Waals surface area contributed by atoms with Crippen molar-refractivity contribution in [1.29, 1.82) is 0 Å². The summed E-state index contributed by atoms with van der Waals surface area (Å²) in [6.07, 6.45) is 1.16. The van der Waals surface area contributed by atoms with Crippen LogP contribution in [0, 0.1) is 0 Å². The van der Waals surface area contributed by atoms with Gasteiger partial charge in [0, 0.05) is 24.2 Å². The molecule has 0 fully saturated rings. The van der Waals surface area contributed by atoms with Crippen molar-refractivity contribution in [2.24, 2.45) is 0 Å². The van der Waals surface area contributed by atoms with Gasteiger partial charge in [-0.3, -0.25) is 9.52 Å². The molecule has 0 heterocycles. The lowest BCUT2D eigenvalue weighted by atomic mass is 10.2. The molecule has 0 aliphatic heterocycles. The highest BCUT2D eigenvalue weighted by atomic mass is 35.5. The number of benzene rings is 1. The zero-order chi connectivity index (χ0) is 14.3. The predicted molar refractivity (Wildman–Crippen MR) is 77.2 cm³/mol. The Balaban J connectivity index is 2.73. The first-order valence-corrected chi connectivity index (χ1v) is 8.06. The Morgan fingerprint density at radius 2 is 2.05 bits per heavy atom. The zero-order valence-electron chi connectivity index (χ0n) is 10.6. The molecule has 1 rings (SSSR count). The van der Waals surface area contributed by atoms with Crippen LogP contribution >= 0.6 is 11.6 Å². The molecule has 0 saturated heterocycles. The minimum atomic E-state index is -3.40. The van der Waals surface area contributed by atoms with E-state index in [0.717, 1.165) is 0 Å². The van der Waals surface area contributed by atoms with Crippen LogP contribution in [0.15, 0.2) is 24.3 Å². The molecular weight excluding hydrogens is 288 g/mol. The van der Waals surface area contributed by atoms with Gasteiger partial charge in [-0.1, -0.05) is 6.07 Å². The Bertz CT molecular complexity index is 532. The highest BCUT2D eigenvalue weighted by molar-refractivity contribution is 7.92. The van der Waals surface area contributed by atoms with E-state index in [9.17, 15) is 13.2 Å². The largest absolute Gasteiger partial charge is 0.355 e. The summed E-state index contributed by atoms with van der Waals surface area (Å²) in [5.41, 5.74) is 0.787. The fraction of sp³-hybridized carbons (Fsp3) is 0.417. The highest BCUT2D eigenvalue weighted by Gasteiger charge is 2.11. The molecule has 2 N–H and O–H groups in total. The first-order valence-electron chi connectivity index (χ1n) is 5.87. The van der Waals surface area contributed by atoms with E-state index in [1.54, 1.807) is 18.2 Å². The van der Waals surface area contributed by atoms with Crippen LogP contribution in [-0.4, -0.2) is 33.0 Å². The minimum absolute atomic E-state index is 0.0178. The maximum Gasteiger partial charge on any atom is 0.251 e. The summed E-state index contributed by atoms with van der Waals surface area (Å²) in [5, 5.41) is 2.48. The zero-order valence-corrected chi connectivity index (χ0v) is 12.2. The van der Waals surface area contributed by atoms with E-state index in [-0.39, 0.29) is 11.7 Å². The van der Waals surface area contributed by atoms with Crippen molar-refractivity contribution in [3.63, 3.8) is 0 Å². The van der Waals surface area contributed by atoms with E-state index in [4.69, 9.17) is 11.6 Å². The van der Waals surface area contributed by atoms with Crippen molar-refractivity contribution in [3.8, 4) is 0 Å². The smallest absolute Gasteiger partial charge is 0.251 e. The molecule has 5 nitrogen and oxygen atoms in total. The number of halogens is 1. The monoisotopic (exact) mass is 304 g/mol. The Morgan fingerprint density at radius 3 is 2.68 bits per heavy atom. The summed E-state index contributed by atoms with van der Waals surface area (Å²) < 4.78 is 26.0. The van der Waals surface area contributed by atoms with Gasteiger partial charge in [-0.2, -0.15) is 0 Å². The van der Waals surface area contributed by atoms with Crippen LogP contribution < -0.4 is 10.0 Å². The second kappa shape index (κ2) is 7.35. The SMILES string of the molecule is CNC(=O)c1cccc(NS(=O)(=O)CCCCCl)c1. The van der Waals surface area contributed by atoms with E-state index >= 15 is 0 Å². The number of hydrogen-bond acceptors (Lipinski definition) is 3. The number of carbonyl (C=O) groups excluding carboxylic acids is 1. The van der Waals surface area contributed by atoms with Crippen LogP contribution in [0.25, 0.3) is 0 Å². The van der Waals surface area contributed by atoms with E-state index in [2.05, 4.69) is 10.0 Å². The molecule has 0 atom stereocenters. The van der Waals surface area contributed by atoms with E-state index in [1.165, 1.54) is 13.1 Å². The molecule has 0 unspecified atom stereocenters. The number of rotatable bonds is 7. The fourth-order valence-corrected chi connectivity index (χ4v) is 2.85. The van der Waals surface area contributed by atoms with E-state index in [1.807, 2.05) is 0 Å². The molecule has 106 valence electrons. The summed E-state index contributed by atoms with van der Waals surface area (Å²) in [6, 6.07) is 6.34. The van der Waals surface area contributed by atoms with Crippen molar-refractivity contribution in [3.05, 3.63) is 29.8 Å². The van der Waals surface area contributed by atoms with Gasteiger partial charge in [0.15, 0.2) is 0 Å². The van der Waals surface area contributed by atoms with Gasteiger partial charge in [-0.15, -0.1) is 11.6 Å². The molecular formula is C12H17ClN2O3S. The Labute approximate surface area is 118 Å². The van der Waals surface area contributed by atoms with Gasteiger partial charge in [0.25, 0.3) is 5.91 Å². The average Bonchev–Trinajstić information content (AvgIpc) is 2.37. The van der Waals surface area contributed by atoms with Gasteiger partial charge in [-0.25, -0.2) is 8.42 Å². The van der Waals surface area contributed by atoms with Crippen molar-refractivity contribution < 1.29 is 13.2 Å². The first-order chi connectivity index (χ1) is 8.98. The molecule has 0 aromatic heterocycles. The van der Waals surface area contributed by atoms with Crippen LogP contribution in [0.5, 0.6) is 0 Å². The topological polar surface area (TPSA) is 75.3 Å². The van der Waals surface area contributed by atoms with Gasteiger partial charge < -0.3 is 5.32 Å². The molecule has 0 spiro atoms. The van der Waals surface area contributed by atoms with Gasteiger partial charge in [0.1, 0.15) is 0 Å². The maximum absolute atomic E-state index is 11.8. The van der Waals surface area contributed by atoms with E-state index in [0.29, 0.717) is 30.0 Å². The van der Waals surface area contributed by atoms with Crippen molar-refractivity contribution in [2.45, 2.75) is 12.8 Å². The molecule has 1 amide bonds. The molecule has 0 aliphatic rings. The van der Waals surface area contributed by atoms with Crippen LogP contribution in [0.3, 0.4) is 0 Å². The Hall–Kier alpha value is -1.27. The van der Waals surface area contributed by atoms with Crippen molar-refractivity contribution in [1.82, 2.24) is 5.32 Å². The van der Waals surface area contributed by atoms with Gasteiger partial charge in [0.2, 0.25) is 10.0 Å². The second-order valence-electron chi connectivity index (χ2n) is 3.98. The number of unbranched alkanes of at least 4 members (excludes halogenated alkanes) is 1. The van der Waals surface area contributed by atoms with E-state index < -0.39 is 10.0 Å². The second-order valence-corrected chi connectivity index (χ2v) is 6.20. The Kier molecular flexibility index (Phi) is 6.11. The Morgan fingerprint density at radius 1 is 1.32 bits per heavy atom. The molecule has 0 aliphatic carbocycles. The number of anilines is 1. The molecule has 0 bridgehead atoms. The number of amides is 1. The summed E-state index contributed by atoms with van der Waals surface area (Å²) in [5.74, 6) is 0.203. The number of sulfonamides is 1. The molecule has 0 saturated carbocycles. The van der Waals surface area contributed by atoms with Gasteiger partial charge in [-0.05, 0) is 31.0 Å². The summed E-state index contributed by atoms with van der Waals surface area (Å²) in [6.45, 7) is 0. The third kappa shape index (κ3) is 5.48. The highest BCUT2D eigenvalue weighted by Crippen LogP contribution is 2.13. The van der Waals surface area contributed by atoms with Gasteiger partial charge >= 0.3 is 0 Å². The summed E-state index contributed by atoms with van der Waals surface area (Å²) in [4.78, 5) is 11.4. The first kappa shape index (κ1) is 15.8. The maximum atomic E-state index is 11.8. The number of carbonyl (C=O) groups is 1. The third-order valence-electron chi connectivity index (χ3n) is 2.42. The molecule has 19 heavy (non-hydrogen) atoms. The number of alkyl halides is 1. The summed E-state index contributed by atoms with van der Waals surface area (Å²) in [7, 11) is -1.88. The number of nitrogens with one attached hydrogen (secondary N) is 2. The van der Waals surface area contributed by atoms with Crippen LogP contribution in [0.4, 0.5) is 5.69 Å². The predicted octanol–water partition coefficient (Wildman–Crippen LogP) is 1.81. The number of hydrogen-bond donors (Lipinski definition) is 2. The lowest BCUT2D eigenvalue weighted by Gasteiger charge is -2.08. The standard InChI is InChI=1S/C12H17ClN2O3S/c1-14-12(16)10-5-4-6-11(9-10)15-19(17,18)8-3-2-7-13/h4-6,9,15H,2-3,7-8H2,1H3,(H,14,16). The quantitative estimate of drug-likeness (QED) is 0.596. The lowest BCUT2D eigenvalue weighted by Crippen LogP contribution is -2.19. The van der Waals surface area contributed by atoms with Crippen molar-refractivity contribution in [2.75, 3.05) is 23.4 Å². The van der Waals surface area contributed by atoms with Crippen LogP contribution in [0.2, 0.25) is 0 Å². The minimum Gasteiger partial charge on any atom is -0.355 e. The fourth-order valence-electron chi connectivity index (χ4n) is 1.49. The lowest BCUT2D eigenvalue weighted by molar-refractivity contribution is 0.0963. The summed E-state index contributed by atoms with van der Waals surface area (Å²) >= 11 is 5.50. The average molecular weight is 305 g/mol. The van der Waals surface area contributed by atoms with Gasteiger partial charge in [0.05, 0.1) is 5.75 Å². The molecule has 1 aromatic carbocycles.